The van der Waals surface area contributed by atoms with E-state index in [1.807, 2.05) is 0 Å². The lowest BCUT2D eigenvalue weighted by Crippen LogP contribution is -2.25. The van der Waals surface area contributed by atoms with Gasteiger partial charge in [0.1, 0.15) is 0 Å². The Bertz CT molecular complexity index is 424. The molecule has 5 heteroatoms. The number of Topliss-reactive ketones (excluding diaryl/α,β-unsaturated/α-hetero) is 1. The van der Waals surface area contributed by atoms with Crippen LogP contribution in [0.25, 0.3) is 0 Å². The van der Waals surface area contributed by atoms with Crippen molar-refractivity contribution < 1.29 is 18.0 Å². The van der Waals surface area contributed by atoms with E-state index in [9.17, 15) is 18.0 Å². The second kappa shape index (κ2) is 4.49. The van der Waals surface area contributed by atoms with Crippen LogP contribution >= 0.6 is 0 Å². The molecule has 17 heavy (non-hydrogen) atoms. The third-order valence-electron chi connectivity index (χ3n) is 2.64. The number of ketones is 1. The normalized spacial score (nSPS) is 15.9. The monoisotopic (exact) mass is 243 g/mol. The summed E-state index contributed by atoms with van der Waals surface area (Å²) in [5.41, 5.74) is -0.678. The van der Waals surface area contributed by atoms with Gasteiger partial charge in [0.15, 0.2) is 5.78 Å². The SMILES string of the molecule is O=C(CNC1CC1)c1cccc(C(F)(F)F)c1. The number of carbonyl (C=O) groups is 1. The molecule has 0 aliphatic heterocycles. The summed E-state index contributed by atoms with van der Waals surface area (Å²) in [6.45, 7) is 0.103. The highest BCUT2D eigenvalue weighted by molar-refractivity contribution is 5.97. The second-order valence-electron chi connectivity index (χ2n) is 4.16. The summed E-state index contributed by atoms with van der Waals surface area (Å²) < 4.78 is 37.3. The molecular formula is C12H12F3NO. The van der Waals surface area contributed by atoms with Gasteiger partial charge in [0.25, 0.3) is 0 Å². The highest BCUT2D eigenvalue weighted by atomic mass is 19.4. The van der Waals surface area contributed by atoms with Crippen LogP contribution in [0.5, 0.6) is 0 Å². The van der Waals surface area contributed by atoms with Gasteiger partial charge in [-0.1, -0.05) is 12.1 Å². The van der Waals surface area contributed by atoms with Crippen molar-refractivity contribution in [1.29, 1.82) is 0 Å². The minimum Gasteiger partial charge on any atom is -0.307 e. The van der Waals surface area contributed by atoms with Crippen molar-refractivity contribution in [3.63, 3.8) is 0 Å². The van der Waals surface area contributed by atoms with Gasteiger partial charge in [-0.2, -0.15) is 13.2 Å². The van der Waals surface area contributed by atoms with Crippen molar-refractivity contribution >= 4 is 5.78 Å². The molecule has 2 nitrogen and oxygen atoms in total. The molecule has 0 spiro atoms. The van der Waals surface area contributed by atoms with Gasteiger partial charge in [0, 0.05) is 11.6 Å². The molecule has 0 heterocycles. The zero-order chi connectivity index (χ0) is 12.5. The van der Waals surface area contributed by atoms with Gasteiger partial charge in [-0.05, 0) is 25.0 Å². The van der Waals surface area contributed by atoms with Crippen molar-refractivity contribution in [1.82, 2.24) is 5.32 Å². The number of carbonyl (C=O) groups excluding carboxylic acids is 1. The minimum atomic E-state index is -4.40. The first-order chi connectivity index (χ1) is 7.97. The van der Waals surface area contributed by atoms with E-state index in [4.69, 9.17) is 0 Å². The highest BCUT2D eigenvalue weighted by Crippen LogP contribution is 2.29. The Morgan fingerprint density at radius 1 is 1.35 bits per heavy atom. The Morgan fingerprint density at radius 3 is 2.65 bits per heavy atom. The summed E-state index contributed by atoms with van der Waals surface area (Å²) in [5, 5.41) is 2.98. The Kier molecular flexibility index (Phi) is 3.19. The zero-order valence-electron chi connectivity index (χ0n) is 9.05. The molecule has 1 saturated carbocycles. The van der Waals surface area contributed by atoms with Crippen LogP contribution in [0.15, 0.2) is 24.3 Å². The van der Waals surface area contributed by atoms with Crippen LogP contribution in [0.1, 0.15) is 28.8 Å². The molecule has 1 aromatic carbocycles. The molecule has 1 aromatic rings. The Balaban J connectivity index is 2.06. The number of benzene rings is 1. The van der Waals surface area contributed by atoms with Crippen LogP contribution in [-0.4, -0.2) is 18.4 Å². The van der Waals surface area contributed by atoms with Gasteiger partial charge in [0.2, 0.25) is 0 Å². The quantitative estimate of drug-likeness (QED) is 0.824. The molecule has 0 atom stereocenters. The van der Waals surface area contributed by atoms with Crippen molar-refractivity contribution in [2.24, 2.45) is 0 Å². The predicted molar refractivity (Wildman–Crippen MR) is 56.8 cm³/mol. The lowest BCUT2D eigenvalue weighted by atomic mass is 10.1. The summed E-state index contributed by atoms with van der Waals surface area (Å²) in [6, 6.07) is 4.89. The molecule has 0 bridgehead atoms. The fourth-order valence-electron chi connectivity index (χ4n) is 1.50. The minimum absolute atomic E-state index is 0.103. The highest BCUT2D eigenvalue weighted by Gasteiger charge is 2.31. The van der Waals surface area contributed by atoms with E-state index in [-0.39, 0.29) is 17.9 Å². The summed E-state index contributed by atoms with van der Waals surface area (Å²) in [7, 11) is 0. The standard InChI is InChI=1S/C12H12F3NO/c13-12(14,15)9-3-1-2-8(6-9)11(17)7-16-10-4-5-10/h1-3,6,10,16H,4-5,7H2. The third-order valence-corrected chi connectivity index (χ3v) is 2.64. The number of hydrogen-bond donors (Lipinski definition) is 1. The molecule has 0 saturated heterocycles. The zero-order valence-corrected chi connectivity index (χ0v) is 9.05. The first kappa shape index (κ1) is 12.1. The average Bonchev–Trinajstić information content (AvgIpc) is 3.09. The van der Waals surface area contributed by atoms with Crippen molar-refractivity contribution in [2.45, 2.75) is 25.1 Å². The molecule has 0 aromatic heterocycles. The predicted octanol–water partition coefficient (Wildman–Crippen LogP) is 2.64. The summed E-state index contributed by atoms with van der Waals surface area (Å²) >= 11 is 0. The number of hydrogen-bond acceptors (Lipinski definition) is 2. The summed E-state index contributed by atoms with van der Waals surface area (Å²) in [4.78, 5) is 11.6. The third kappa shape index (κ3) is 3.30. The van der Waals surface area contributed by atoms with Gasteiger partial charge < -0.3 is 5.32 Å². The smallest absolute Gasteiger partial charge is 0.307 e. The maximum absolute atomic E-state index is 12.4. The van der Waals surface area contributed by atoms with E-state index in [2.05, 4.69) is 5.32 Å². The first-order valence-electron chi connectivity index (χ1n) is 5.40. The van der Waals surface area contributed by atoms with Gasteiger partial charge in [-0.25, -0.2) is 0 Å². The van der Waals surface area contributed by atoms with E-state index >= 15 is 0 Å². The second-order valence-corrected chi connectivity index (χ2v) is 4.16. The fourth-order valence-corrected chi connectivity index (χ4v) is 1.50. The molecule has 0 amide bonds. The number of halogens is 3. The fraction of sp³-hybridized carbons (Fsp3) is 0.417. The van der Waals surface area contributed by atoms with Gasteiger partial charge in [-0.15, -0.1) is 0 Å². The molecule has 1 aliphatic carbocycles. The molecule has 0 radical (unpaired) electrons. The van der Waals surface area contributed by atoms with E-state index < -0.39 is 11.7 Å². The lowest BCUT2D eigenvalue weighted by molar-refractivity contribution is -0.137. The van der Waals surface area contributed by atoms with Gasteiger partial charge in [0.05, 0.1) is 12.1 Å². The summed E-state index contributed by atoms with van der Waals surface area (Å²) in [5.74, 6) is -0.303. The van der Waals surface area contributed by atoms with E-state index in [1.165, 1.54) is 12.1 Å². The Labute approximate surface area is 96.8 Å². The molecular weight excluding hydrogens is 231 g/mol. The maximum atomic E-state index is 12.4. The lowest BCUT2D eigenvalue weighted by Gasteiger charge is -2.08. The van der Waals surface area contributed by atoms with Crippen LogP contribution in [0, 0.1) is 0 Å². The van der Waals surface area contributed by atoms with Crippen molar-refractivity contribution in [3.05, 3.63) is 35.4 Å². The van der Waals surface area contributed by atoms with E-state index in [0.29, 0.717) is 6.04 Å². The van der Waals surface area contributed by atoms with E-state index in [0.717, 1.165) is 25.0 Å². The molecule has 1 aliphatic rings. The number of alkyl halides is 3. The first-order valence-corrected chi connectivity index (χ1v) is 5.40. The molecule has 1 fully saturated rings. The van der Waals surface area contributed by atoms with Gasteiger partial charge >= 0.3 is 6.18 Å². The molecule has 0 unspecified atom stereocenters. The Morgan fingerprint density at radius 2 is 2.06 bits per heavy atom. The number of nitrogens with one attached hydrogen (secondary N) is 1. The van der Waals surface area contributed by atoms with Gasteiger partial charge in [-0.3, -0.25) is 4.79 Å². The van der Waals surface area contributed by atoms with E-state index in [1.54, 1.807) is 0 Å². The maximum Gasteiger partial charge on any atom is 0.416 e. The van der Waals surface area contributed by atoms with Crippen molar-refractivity contribution in [3.8, 4) is 0 Å². The number of rotatable bonds is 4. The van der Waals surface area contributed by atoms with Crippen LogP contribution in [0.4, 0.5) is 13.2 Å². The topological polar surface area (TPSA) is 29.1 Å². The Hall–Kier alpha value is -1.36. The van der Waals surface area contributed by atoms with Crippen LogP contribution in [0.2, 0.25) is 0 Å². The van der Waals surface area contributed by atoms with Crippen LogP contribution in [-0.2, 0) is 6.18 Å². The summed E-state index contributed by atoms with van der Waals surface area (Å²) in [6.07, 6.45) is -2.33. The molecule has 1 N–H and O–H groups in total. The molecule has 2 rings (SSSR count). The largest absolute Gasteiger partial charge is 0.416 e. The molecule has 92 valence electrons. The van der Waals surface area contributed by atoms with Crippen LogP contribution in [0.3, 0.4) is 0 Å². The van der Waals surface area contributed by atoms with Crippen LogP contribution < -0.4 is 5.32 Å². The van der Waals surface area contributed by atoms with Crippen molar-refractivity contribution in [2.75, 3.05) is 6.54 Å². The average molecular weight is 243 g/mol.